The summed E-state index contributed by atoms with van der Waals surface area (Å²) in [4.78, 5) is 14.1. The van der Waals surface area contributed by atoms with Crippen LogP contribution in [0.4, 0.5) is 15.8 Å². The summed E-state index contributed by atoms with van der Waals surface area (Å²) in [5.74, 6) is -0.199. The molecule has 0 spiro atoms. The first-order valence-corrected chi connectivity index (χ1v) is 7.70. The standard InChI is InChI=1S/C17H18FN3O2/c18-15-6-2-4-8-17(15)20-11-9-19(10-12-20)13-14-5-1-3-7-16(14)21(22)23/h1-8H,9-13H2/p+1. The van der Waals surface area contributed by atoms with Gasteiger partial charge >= 0.3 is 0 Å². The summed E-state index contributed by atoms with van der Waals surface area (Å²) in [6.07, 6.45) is 0. The van der Waals surface area contributed by atoms with Crippen molar-refractivity contribution >= 4 is 11.4 Å². The molecule has 2 aromatic carbocycles. The van der Waals surface area contributed by atoms with Gasteiger partial charge in [-0.1, -0.05) is 24.3 Å². The number of nitro groups is 1. The highest BCUT2D eigenvalue weighted by Crippen LogP contribution is 2.19. The molecule has 0 aromatic heterocycles. The minimum atomic E-state index is -0.329. The third kappa shape index (κ3) is 3.48. The number of nitrogens with one attached hydrogen (secondary N) is 1. The smallest absolute Gasteiger partial charge is 0.278 e. The van der Waals surface area contributed by atoms with Crippen LogP contribution in [0.1, 0.15) is 5.56 Å². The van der Waals surface area contributed by atoms with Crippen LogP contribution in [0.3, 0.4) is 0 Å². The Balaban J connectivity index is 1.64. The third-order valence-electron chi connectivity index (χ3n) is 4.29. The molecular formula is C17H19FN3O2+. The lowest BCUT2D eigenvalue weighted by atomic mass is 10.1. The molecule has 120 valence electrons. The molecule has 1 fully saturated rings. The second-order valence-electron chi connectivity index (χ2n) is 5.75. The Labute approximate surface area is 134 Å². The van der Waals surface area contributed by atoms with Gasteiger partial charge in [-0.05, 0) is 18.2 Å². The molecule has 0 atom stereocenters. The molecule has 23 heavy (non-hydrogen) atoms. The Kier molecular flexibility index (Phi) is 4.52. The molecule has 0 unspecified atom stereocenters. The highest BCUT2D eigenvalue weighted by Gasteiger charge is 2.24. The van der Waals surface area contributed by atoms with Gasteiger partial charge in [0.25, 0.3) is 5.69 Å². The van der Waals surface area contributed by atoms with Crippen LogP contribution in [-0.4, -0.2) is 31.1 Å². The summed E-state index contributed by atoms with van der Waals surface area (Å²) in [7, 11) is 0. The fourth-order valence-corrected chi connectivity index (χ4v) is 3.06. The molecule has 1 aliphatic rings. The number of halogens is 1. The molecular weight excluding hydrogens is 297 g/mol. The minimum absolute atomic E-state index is 0.177. The van der Waals surface area contributed by atoms with Crippen molar-refractivity contribution in [3.63, 3.8) is 0 Å². The van der Waals surface area contributed by atoms with E-state index in [4.69, 9.17) is 0 Å². The Morgan fingerprint density at radius 1 is 1.09 bits per heavy atom. The number of rotatable bonds is 4. The zero-order chi connectivity index (χ0) is 16.2. The first-order valence-electron chi connectivity index (χ1n) is 7.70. The van der Waals surface area contributed by atoms with E-state index in [0.29, 0.717) is 12.2 Å². The number of hydrogen-bond donors (Lipinski definition) is 1. The number of para-hydroxylation sites is 2. The summed E-state index contributed by atoms with van der Waals surface area (Å²) in [5.41, 5.74) is 1.57. The van der Waals surface area contributed by atoms with E-state index in [1.807, 2.05) is 23.1 Å². The predicted molar refractivity (Wildman–Crippen MR) is 86.1 cm³/mol. The highest BCUT2D eigenvalue weighted by molar-refractivity contribution is 5.47. The number of quaternary nitrogens is 1. The minimum Gasteiger partial charge on any atom is -0.358 e. The number of hydrogen-bond acceptors (Lipinski definition) is 3. The number of nitro benzene ring substituents is 1. The van der Waals surface area contributed by atoms with Gasteiger partial charge in [-0.15, -0.1) is 0 Å². The Morgan fingerprint density at radius 2 is 1.74 bits per heavy atom. The van der Waals surface area contributed by atoms with Crippen LogP contribution in [0.15, 0.2) is 48.5 Å². The summed E-state index contributed by atoms with van der Waals surface area (Å²) in [6.45, 7) is 3.79. The fraction of sp³-hybridized carbons (Fsp3) is 0.294. The van der Waals surface area contributed by atoms with Gasteiger partial charge in [-0.3, -0.25) is 10.1 Å². The summed E-state index contributed by atoms with van der Waals surface area (Å²) >= 11 is 0. The molecule has 0 aliphatic carbocycles. The number of nitrogens with zero attached hydrogens (tertiary/aromatic N) is 2. The van der Waals surface area contributed by atoms with Gasteiger partial charge in [-0.2, -0.15) is 0 Å². The third-order valence-corrected chi connectivity index (χ3v) is 4.29. The monoisotopic (exact) mass is 316 g/mol. The summed E-state index contributed by atoms with van der Waals surface area (Å²) in [5, 5.41) is 11.1. The highest BCUT2D eigenvalue weighted by atomic mass is 19.1. The maximum absolute atomic E-state index is 13.8. The second-order valence-corrected chi connectivity index (χ2v) is 5.75. The van der Waals surface area contributed by atoms with Crippen molar-refractivity contribution < 1.29 is 14.2 Å². The lowest BCUT2D eigenvalue weighted by Crippen LogP contribution is -3.13. The van der Waals surface area contributed by atoms with Crippen molar-refractivity contribution in [1.29, 1.82) is 0 Å². The zero-order valence-electron chi connectivity index (χ0n) is 12.7. The van der Waals surface area contributed by atoms with Gasteiger partial charge in [0.2, 0.25) is 0 Å². The average Bonchev–Trinajstić information content (AvgIpc) is 2.56. The maximum Gasteiger partial charge on any atom is 0.278 e. The van der Waals surface area contributed by atoms with Crippen LogP contribution in [-0.2, 0) is 6.54 Å². The molecule has 1 aliphatic heterocycles. The van der Waals surface area contributed by atoms with E-state index in [1.165, 1.54) is 11.0 Å². The molecule has 0 amide bonds. The molecule has 1 heterocycles. The van der Waals surface area contributed by atoms with Crippen LogP contribution >= 0.6 is 0 Å². The molecule has 2 aromatic rings. The van der Waals surface area contributed by atoms with Crippen molar-refractivity contribution in [3.8, 4) is 0 Å². The van der Waals surface area contributed by atoms with Crippen molar-refractivity contribution in [2.75, 3.05) is 31.1 Å². The van der Waals surface area contributed by atoms with Gasteiger partial charge in [0, 0.05) is 6.07 Å². The molecule has 0 saturated carbocycles. The van der Waals surface area contributed by atoms with Gasteiger partial charge in [0.1, 0.15) is 12.4 Å². The van der Waals surface area contributed by atoms with Gasteiger partial charge < -0.3 is 9.80 Å². The van der Waals surface area contributed by atoms with E-state index >= 15 is 0 Å². The number of piperazine rings is 1. The van der Waals surface area contributed by atoms with E-state index in [1.54, 1.807) is 24.3 Å². The summed E-state index contributed by atoms with van der Waals surface area (Å²) in [6, 6.07) is 13.7. The van der Waals surface area contributed by atoms with E-state index in [2.05, 4.69) is 0 Å². The van der Waals surface area contributed by atoms with Gasteiger partial charge in [0.05, 0.1) is 42.4 Å². The Bertz CT molecular complexity index is 700. The Hall–Kier alpha value is -2.47. The van der Waals surface area contributed by atoms with Crippen molar-refractivity contribution in [2.24, 2.45) is 0 Å². The van der Waals surface area contributed by atoms with Gasteiger partial charge in [-0.25, -0.2) is 4.39 Å². The van der Waals surface area contributed by atoms with E-state index in [9.17, 15) is 14.5 Å². The molecule has 1 N–H and O–H groups in total. The van der Waals surface area contributed by atoms with Crippen LogP contribution < -0.4 is 9.80 Å². The van der Waals surface area contributed by atoms with Crippen LogP contribution in [0.2, 0.25) is 0 Å². The number of anilines is 1. The van der Waals surface area contributed by atoms with E-state index < -0.39 is 0 Å². The predicted octanol–water partition coefficient (Wildman–Crippen LogP) is 1.64. The lowest BCUT2D eigenvalue weighted by molar-refractivity contribution is -0.914. The first kappa shape index (κ1) is 15.4. The second kappa shape index (κ2) is 6.75. The van der Waals surface area contributed by atoms with Gasteiger partial charge in [0.15, 0.2) is 0 Å². The fourth-order valence-electron chi connectivity index (χ4n) is 3.06. The molecule has 1 saturated heterocycles. The van der Waals surface area contributed by atoms with Crippen molar-refractivity contribution in [2.45, 2.75) is 6.54 Å². The molecule has 3 rings (SSSR count). The van der Waals surface area contributed by atoms with E-state index in [0.717, 1.165) is 31.7 Å². The largest absolute Gasteiger partial charge is 0.358 e. The zero-order valence-corrected chi connectivity index (χ0v) is 12.7. The molecule has 0 radical (unpaired) electrons. The topological polar surface area (TPSA) is 50.8 Å². The lowest BCUT2D eigenvalue weighted by Gasteiger charge is -2.33. The normalized spacial score (nSPS) is 15.6. The van der Waals surface area contributed by atoms with Crippen LogP contribution in [0, 0.1) is 15.9 Å². The molecule has 6 heteroatoms. The SMILES string of the molecule is O=[N+]([O-])c1ccccc1C[NH+]1CCN(c2ccccc2F)CC1. The quantitative estimate of drug-likeness (QED) is 0.689. The first-order chi connectivity index (χ1) is 11.1. The van der Waals surface area contributed by atoms with Crippen LogP contribution in [0.25, 0.3) is 0 Å². The van der Waals surface area contributed by atoms with E-state index in [-0.39, 0.29) is 16.4 Å². The Morgan fingerprint density at radius 3 is 2.43 bits per heavy atom. The molecule has 5 nitrogen and oxygen atoms in total. The molecule has 0 bridgehead atoms. The van der Waals surface area contributed by atoms with Crippen molar-refractivity contribution in [1.82, 2.24) is 0 Å². The number of benzene rings is 2. The van der Waals surface area contributed by atoms with Crippen LogP contribution in [0.5, 0.6) is 0 Å². The van der Waals surface area contributed by atoms with Crippen molar-refractivity contribution in [3.05, 3.63) is 70.0 Å². The average molecular weight is 316 g/mol. The maximum atomic E-state index is 13.8. The summed E-state index contributed by atoms with van der Waals surface area (Å²) < 4.78 is 13.8.